The van der Waals surface area contributed by atoms with Crippen molar-refractivity contribution in [2.75, 3.05) is 32.9 Å². The molecule has 0 fully saturated rings. The van der Waals surface area contributed by atoms with Gasteiger partial charge in [-0.2, -0.15) is 0 Å². The second-order valence-electron chi connectivity index (χ2n) is 3.83. The molecule has 0 heterocycles. The molecule has 0 aliphatic heterocycles. The van der Waals surface area contributed by atoms with Crippen LogP contribution in [-0.2, 0) is 0 Å². The fourth-order valence-electron chi connectivity index (χ4n) is 1.23. The molecule has 0 unspecified atom stereocenters. The van der Waals surface area contributed by atoms with Crippen molar-refractivity contribution < 1.29 is 9.90 Å². The molecule has 0 aliphatic rings. The minimum Gasteiger partial charge on any atom is -0.508 e. The number of nitrogens with one attached hydrogen (secondary N) is 1. The summed E-state index contributed by atoms with van der Waals surface area (Å²) in [5.41, 5.74) is 6.31. The Morgan fingerprint density at radius 2 is 2.19 bits per heavy atom. The van der Waals surface area contributed by atoms with E-state index >= 15 is 0 Å². The maximum atomic E-state index is 11.7. The van der Waals surface area contributed by atoms with Gasteiger partial charge in [-0.1, -0.05) is 0 Å². The van der Waals surface area contributed by atoms with Crippen LogP contribution in [0.1, 0.15) is 10.4 Å². The Bertz CT molecular complexity index is 377. The van der Waals surface area contributed by atoms with Crippen LogP contribution >= 0.6 is 0 Å². The molecule has 0 saturated heterocycles. The summed E-state index contributed by atoms with van der Waals surface area (Å²) in [5, 5.41) is 12.0. The van der Waals surface area contributed by atoms with E-state index in [0.717, 1.165) is 6.54 Å². The van der Waals surface area contributed by atoms with Crippen LogP contribution < -0.4 is 11.1 Å². The quantitative estimate of drug-likeness (QED) is 0.505. The van der Waals surface area contributed by atoms with Gasteiger partial charge >= 0.3 is 0 Å². The number of benzene rings is 1. The predicted molar refractivity (Wildman–Crippen MR) is 63.4 cm³/mol. The average Bonchev–Trinajstić information content (AvgIpc) is 2.21. The number of anilines is 1. The van der Waals surface area contributed by atoms with Gasteiger partial charge in [0, 0.05) is 18.8 Å². The van der Waals surface area contributed by atoms with Crippen molar-refractivity contribution in [2.45, 2.75) is 0 Å². The summed E-state index contributed by atoms with van der Waals surface area (Å²) in [7, 11) is 3.85. The molecular formula is C11H17N3O2. The molecule has 4 N–H and O–H groups in total. The highest BCUT2D eigenvalue weighted by Crippen LogP contribution is 2.17. The lowest BCUT2D eigenvalue weighted by Crippen LogP contribution is -2.31. The molecule has 0 aromatic heterocycles. The number of rotatable bonds is 4. The Kier molecular flexibility index (Phi) is 4.13. The van der Waals surface area contributed by atoms with Crippen LogP contribution in [0.25, 0.3) is 0 Å². The SMILES string of the molecule is CN(C)CCNC(=O)c1cc(O)ccc1N. The molecule has 0 aliphatic carbocycles. The number of nitrogens with zero attached hydrogens (tertiary/aromatic N) is 1. The molecule has 1 rings (SSSR count). The van der Waals surface area contributed by atoms with Crippen molar-refractivity contribution in [3.05, 3.63) is 23.8 Å². The van der Waals surface area contributed by atoms with Crippen LogP contribution in [-0.4, -0.2) is 43.1 Å². The summed E-state index contributed by atoms with van der Waals surface area (Å²) in [6.07, 6.45) is 0. The summed E-state index contributed by atoms with van der Waals surface area (Å²) in [6.45, 7) is 1.30. The minimum atomic E-state index is -0.268. The maximum Gasteiger partial charge on any atom is 0.253 e. The van der Waals surface area contributed by atoms with Gasteiger partial charge in [0.2, 0.25) is 0 Å². The number of phenols is 1. The number of phenolic OH excluding ortho intramolecular Hbond substituents is 1. The van der Waals surface area contributed by atoms with Crippen molar-refractivity contribution in [3.8, 4) is 5.75 Å². The van der Waals surface area contributed by atoms with E-state index in [1.807, 2.05) is 19.0 Å². The summed E-state index contributed by atoms with van der Waals surface area (Å²) >= 11 is 0. The molecule has 0 saturated carbocycles. The van der Waals surface area contributed by atoms with Crippen LogP contribution in [0, 0.1) is 0 Å². The van der Waals surface area contributed by atoms with Crippen molar-refractivity contribution in [1.82, 2.24) is 10.2 Å². The van der Waals surface area contributed by atoms with E-state index in [-0.39, 0.29) is 11.7 Å². The zero-order valence-electron chi connectivity index (χ0n) is 9.53. The first-order valence-electron chi connectivity index (χ1n) is 5.02. The molecular weight excluding hydrogens is 206 g/mol. The minimum absolute atomic E-state index is 0.0342. The lowest BCUT2D eigenvalue weighted by atomic mass is 10.1. The van der Waals surface area contributed by atoms with Crippen LogP contribution in [0.5, 0.6) is 5.75 Å². The van der Waals surface area contributed by atoms with Crippen molar-refractivity contribution >= 4 is 11.6 Å². The second-order valence-corrected chi connectivity index (χ2v) is 3.83. The number of amides is 1. The number of likely N-dealkylation sites (N-methyl/N-ethyl adjacent to an activating group) is 1. The Balaban J connectivity index is 2.62. The summed E-state index contributed by atoms with van der Waals surface area (Å²) in [6, 6.07) is 4.32. The first-order valence-corrected chi connectivity index (χ1v) is 5.02. The fourth-order valence-corrected chi connectivity index (χ4v) is 1.23. The molecule has 16 heavy (non-hydrogen) atoms. The van der Waals surface area contributed by atoms with Crippen LogP contribution in [0.2, 0.25) is 0 Å². The van der Waals surface area contributed by atoms with Gasteiger partial charge in [-0.05, 0) is 32.3 Å². The van der Waals surface area contributed by atoms with E-state index in [9.17, 15) is 9.90 Å². The average molecular weight is 223 g/mol. The first kappa shape index (κ1) is 12.3. The molecule has 1 aromatic rings. The van der Waals surface area contributed by atoms with Gasteiger partial charge in [-0.3, -0.25) is 4.79 Å². The molecule has 5 nitrogen and oxygen atoms in total. The van der Waals surface area contributed by atoms with Crippen molar-refractivity contribution in [2.24, 2.45) is 0 Å². The van der Waals surface area contributed by atoms with Gasteiger partial charge in [0.05, 0.1) is 5.56 Å². The van der Waals surface area contributed by atoms with Crippen molar-refractivity contribution in [3.63, 3.8) is 0 Å². The van der Waals surface area contributed by atoms with E-state index in [1.165, 1.54) is 18.2 Å². The molecule has 5 heteroatoms. The van der Waals surface area contributed by atoms with Gasteiger partial charge in [-0.15, -0.1) is 0 Å². The zero-order chi connectivity index (χ0) is 12.1. The van der Waals surface area contributed by atoms with Crippen LogP contribution in [0.15, 0.2) is 18.2 Å². The molecule has 1 aromatic carbocycles. The summed E-state index contributed by atoms with van der Waals surface area (Å²) in [4.78, 5) is 13.6. The van der Waals surface area contributed by atoms with Gasteiger partial charge < -0.3 is 21.1 Å². The van der Waals surface area contributed by atoms with Crippen molar-refractivity contribution in [1.29, 1.82) is 0 Å². The van der Waals surface area contributed by atoms with E-state index in [1.54, 1.807) is 0 Å². The number of aromatic hydroxyl groups is 1. The highest BCUT2D eigenvalue weighted by molar-refractivity contribution is 5.99. The topological polar surface area (TPSA) is 78.6 Å². The van der Waals surface area contributed by atoms with Crippen LogP contribution in [0.3, 0.4) is 0 Å². The van der Waals surface area contributed by atoms with Crippen LogP contribution in [0.4, 0.5) is 5.69 Å². The molecule has 0 atom stereocenters. The second kappa shape index (κ2) is 5.37. The standard InChI is InChI=1S/C11H17N3O2/c1-14(2)6-5-13-11(16)9-7-8(15)3-4-10(9)12/h3-4,7,15H,5-6,12H2,1-2H3,(H,13,16). The molecule has 0 bridgehead atoms. The number of nitrogen functional groups attached to an aromatic ring is 1. The third-order valence-electron chi connectivity index (χ3n) is 2.13. The number of hydrogen-bond acceptors (Lipinski definition) is 4. The van der Waals surface area contributed by atoms with Gasteiger partial charge in [-0.25, -0.2) is 0 Å². The third kappa shape index (κ3) is 3.43. The summed E-state index contributed by atoms with van der Waals surface area (Å²) < 4.78 is 0. The van der Waals surface area contributed by atoms with E-state index in [2.05, 4.69) is 5.32 Å². The molecule has 0 radical (unpaired) electrons. The van der Waals surface area contributed by atoms with Gasteiger partial charge in [0.15, 0.2) is 0 Å². The zero-order valence-corrected chi connectivity index (χ0v) is 9.53. The van der Waals surface area contributed by atoms with E-state index < -0.39 is 0 Å². The predicted octanol–water partition coefficient (Wildman–Crippen LogP) is 0.266. The van der Waals surface area contributed by atoms with E-state index in [4.69, 9.17) is 5.73 Å². The number of carbonyl (C=O) groups excluding carboxylic acids is 1. The lowest BCUT2D eigenvalue weighted by molar-refractivity contribution is 0.0951. The largest absolute Gasteiger partial charge is 0.508 e. The number of hydrogen-bond donors (Lipinski definition) is 3. The first-order chi connectivity index (χ1) is 7.50. The monoisotopic (exact) mass is 223 g/mol. The Hall–Kier alpha value is -1.75. The Morgan fingerprint density at radius 3 is 2.81 bits per heavy atom. The Labute approximate surface area is 94.9 Å². The Morgan fingerprint density at radius 1 is 1.50 bits per heavy atom. The van der Waals surface area contributed by atoms with Gasteiger partial charge in [0.1, 0.15) is 5.75 Å². The number of nitrogens with two attached hydrogens (primary N) is 1. The molecule has 0 spiro atoms. The smallest absolute Gasteiger partial charge is 0.253 e. The third-order valence-corrected chi connectivity index (χ3v) is 2.13. The van der Waals surface area contributed by atoms with E-state index in [0.29, 0.717) is 17.8 Å². The highest BCUT2D eigenvalue weighted by Gasteiger charge is 2.09. The van der Waals surface area contributed by atoms with Gasteiger partial charge in [0.25, 0.3) is 5.91 Å². The summed E-state index contributed by atoms with van der Waals surface area (Å²) in [5.74, 6) is -0.234. The molecule has 1 amide bonds. The molecule has 88 valence electrons. The highest BCUT2D eigenvalue weighted by atomic mass is 16.3. The lowest BCUT2D eigenvalue weighted by Gasteiger charge is -2.11. The normalized spacial score (nSPS) is 10.4. The number of carbonyl (C=O) groups is 1. The maximum absolute atomic E-state index is 11.7. The fraction of sp³-hybridized carbons (Fsp3) is 0.364.